The average molecular weight is 207 g/mol. The number of carbonyl (C=O) groups excluding carboxylic acids is 1. The van der Waals surface area contributed by atoms with Crippen LogP contribution in [0.25, 0.3) is 5.57 Å². The molecule has 0 saturated heterocycles. The Labute approximate surface area is 88.4 Å². The number of benzene rings is 1. The van der Waals surface area contributed by atoms with Crippen molar-refractivity contribution in [1.82, 2.24) is 0 Å². The summed E-state index contributed by atoms with van der Waals surface area (Å²) < 4.78 is 0. The Balaban J connectivity index is 2.50. The Kier molecular flexibility index (Phi) is 2.42. The maximum Gasteiger partial charge on any atom is 0.245 e. The third kappa shape index (κ3) is 1.60. The van der Waals surface area contributed by atoms with Crippen LogP contribution in [0.3, 0.4) is 0 Å². The number of carbonyl (C=O) groups is 1. The Morgan fingerprint density at radius 1 is 1.43 bits per heavy atom. The first kappa shape index (κ1) is 9.47. The van der Waals surface area contributed by atoms with Gasteiger partial charge < -0.3 is 0 Å². The minimum Gasteiger partial charge on any atom is -0.276 e. The molecule has 0 aromatic heterocycles. The highest BCUT2D eigenvalue weighted by atomic mass is 35.5. The van der Waals surface area contributed by atoms with Gasteiger partial charge in [0.15, 0.2) is 0 Å². The predicted octanol–water partition coefficient (Wildman–Crippen LogP) is 3.09. The van der Waals surface area contributed by atoms with Crippen LogP contribution in [0.2, 0.25) is 0 Å². The Bertz CT molecular complexity index is 418. The van der Waals surface area contributed by atoms with Crippen molar-refractivity contribution in [3.8, 4) is 0 Å². The van der Waals surface area contributed by atoms with E-state index in [2.05, 4.69) is 19.1 Å². The molecule has 0 aliphatic heterocycles. The molecule has 0 atom stereocenters. The fourth-order valence-electron chi connectivity index (χ4n) is 2.02. The molecule has 0 N–H and O–H groups in total. The van der Waals surface area contributed by atoms with Crippen LogP contribution >= 0.6 is 11.6 Å². The van der Waals surface area contributed by atoms with E-state index >= 15 is 0 Å². The maximum absolute atomic E-state index is 10.8. The van der Waals surface area contributed by atoms with E-state index in [4.69, 9.17) is 11.6 Å². The number of hydrogen-bond donors (Lipinski definition) is 0. The lowest BCUT2D eigenvalue weighted by Gasteiger charge is -2.02. The standard InChI is InChI=1S/C12H11ClO/c1-8-3-2-4-11-9(7-12(13)14)5-6-10(8)11/h2-4,7H,5-6H2,1H3/b9-7-. The number of aryl methyl sites for hydroxylation is 1. The van der Waals surface area contributed by atoms with Crippen molar-refractivity contribution in [2.45, 2.75) is 19.8 Å². The summed E-state index contributed by atoms with van der Waals surface area (Å²) in [5.41, 5.74) is 4.92. The van der Waals surface area contributed by atoms with E-state index in [-0.39, 0.29) is 5.24 Å². The molecule has 1 nitrogen and oxygen atoms in total. The van der Waals surface area contributed by atoms with Crippen molar-refractivity contribution in [3.63, 3.8) is 0 Å². The maximum atomic E-state index is 10.8. The largest absolute Gasteiger partial charge is 0.276 e. The minimum atomic E-state index is -0.380. The van der Waals surface area contributed by atoms with Crippen LogP contribution in [-0.2, 0) is 11.2 Å². The van der Waals surface area contributed by atoms with E-state index in [1.54, 1.807) is 0 Å². The quantitative estimate of drug-likeness (QED) is 0.510. The molecule has 1 aliphatic carbocycles. The lowest BCUT2D eigenvalue weighted by Crippen LogP contribution is -1.86. The molecule has 0 radical (unpaired) electrons. The first-order valence-corrected chi connectivity index (χ1v) is 5.05. The molecule has 14 heavy (non-hydrogen) atoms. The zero-order chi connectivity index (χ0) is 10.1. The summed E-state index contributed by atoms with van der Waals surface area (Å²) in [5, 5.41) is -0.380. The van der Waals surface area contributed by atoms with Crippen molar-refractivity contribution in [2.75, 3.05) is 0 Å². The van der Waals surface area contributed by atoms with Crippen LogP contribution in [0.1, 0.15) is 23.1 Å². The summed E-state index contributed by atoms with van der Waals surface area (Å²) in [5.74, 6) is 0. The molecule has 72 valence electrons. The first-order valence-electron chi connectivity index (χ1n) is 4.67. The van der Waals surface area contributed by atoms with E-state index in [1.807, 2.05) is 6.07 Å². The molecular formula is C12H11ClO. The van der Waals surface area contributed by atoms with Gasteiger partial charge in [-0.1, -0.05) is 18.2 Å². The van der Waals surface area contributed by atoms with E-state index in [1.165, 1.54) is 22.8 Å². The highest BCUT2D eigenvalue weighted by molar-refractivity contribution is 6.67. The topological polar surface area (TPSA) is 17.1 Å². The van der Waals surface area contributed by atoms with Gasteiger partial charge in [-0.25, -0.2) is 0 Å². The first-order chi connectivity index (χ1) is 6.68. The Morgan fingerprint density at radius 2 is 2.21 bits per heavy atom. The molecule has 0 saturated carbocycles. The van der Waals surface area contributed by atoms with Gasteiger partial charge in [-0.05, 0) is 53.6 Å². The number of hydrogen-bond acceptors (Lipinski definition) is 1. The molecule has 1 aromatic rings. The summed E-state index contributed by atoms with van der Waals surface area (Å²) in [4.78, 5) is 10.8. The molecule has 0 unspecified atom stereocenters. The zero-order valence-corrected chi connectivity index (χ0v) is 8.77. The third-order valence-corrected chi connectivity index (χ3v) is 2.80. The SMILES string of the molecule is Cc1cccc2c1CC/C2=C/C(=O)Cl. The summed E-state index contributed by atoms with van der Waals surface area (Å²) in [7, 11) is 0. The number of allylic oxidation sites excluding steroid dienone is 2. The Hall–Kier alpha value is -1.08. The molecular weight excluding hydrogens is 196 g/mol. The van der Waals surface area contributed by atoms with Crippen LogP contribution in [0, 0.1) is 6.92 Å². The molecule has 0 spiro atoms. The van der Waals surface area contributed by atoms with Crippen molar-refractivity contribution < 1.29 is 4.79 Å². The van der Waals surface area contributed by atoms with Crippen molar-refractivity contribution >= 4 is 22.4 Å². The lowest BCUT2D eigenvalue weighted by atomic mass is 10.0. The van der Waals surface area contributed by atoms with Crippen LogP contribution < -0.4 is 0 Å². The van der Waals surface area contributed by atoms with Crippen molar-refractivity contribution in [3.05, 3.63) is 41.0 Å². The summed E-state index contributed by atoms with van der Waals surface area (Å²) in [6, 6.07) is 6.18. The summed E-state index contributed by atoms with van der Waals surface area (Å²) >= 11 is 5.35. The molecule has 2 rings (SSSR count). The molecule has 0 heterocycles. The van der Waals surface area contributed by atoms with Gasteiger partial charge in [0, 0.05) is 6.08 Å². The fraction of sp³-hybridized carbons (Fsp3) is 0.250. The molecule has 0 amide bonds. The van der Waals surface area contributed by atoms with E-state index in [0.717, 1.165) is 18.4 Å². The minimum absolute atomic E-state index is 0.380. The van der Waals surface area contributed by atoms with Crippen LogP contribution in [-0.4, -0.2) is 5.24 Å². The smallest absolute Gasteiger partial charge is 0.245 e. The average Bonchev–Trinajstić information content (AvgIpc) is 2.49. The predicted molar refractivity (Wildman–Crippen MR) is 58.3 cm³/mol. The van der Waals surface area contributed by atoms with Crippen molar-refractivity contribution in [2.24, 2.45) is 0 Å². The van der Waals surface area contributed by atoms with Gasteiger partial charge in [0.25, 0.3) is 0 Å². The molecule has 1 aromatic carbocycles. The van der Waals surface area contributed by atoms with Gasteiger partial charge in [-0.15, -0.1) is 0 Å². The second-order valence-corrected chi connectivity index (χ2v) is 3.95. The lowest BCUT2D eigenvalue weighted by molar-refractivity contribution is -0.107. The van der Waals surface area contributed by atoms with Gasteiger partial charge in [-0.2, -0.15) is 0 Å². The number of fused-ring (bicyclic) bond motifs is 1. The van der Waals surface area contributed by atoms with E-state index < -0.39 is 0 Å². The van der Waals surface area contributed by atoms with Gasteiger partial charge in [0.05, 0.1) is 0 Å². The molecule has 1 aliphatic rings. The monoisotopic (exact) mass is 206 g/mol. The second-order valence-electron chi connectivity index (χ2n) is 3.57. The van der Waals surface area contributed by atoms with Gasteiger partial charge in [-0.3, -0.25) is 4.79 Å². The fourth-order valence-corrected chi connectivity index (χ4v) is 2.15. The highest BCUT2D eigenvalue weighted by Crippen LogP contribution is 2.33. The van der Waals surface area contributed by atoms with Gasteiger partial charge in [0.1, 0.15) is 0 Å². The zero-order valence-electron chi connectivity index (χ0n) is 8.01. The van der Waals surface area contributed by atoms with Gasteiger partial charge in [0.2, 0.25) is 5.24 Å². The van der Waals surface area contributed by atoms with Crippen LogP contribution in [0.4, 0.5) is 0 Å². The third-order valence-electron chi connectivity index (χ3n) is 2.69. The van der Waals surface area contributed by atoms with Crippen LogP contribution in [0.5, 0.6) is 0 Å². The van der Waals surface area contributed by atoms with Crippen LogP contribution in [0.15, 0.2) is 24.3 Å². The number of rotatable bonds is 1. The summed E-state index contributed by atoms with van der Waals surface area (Å²) in [6.45, 7) is 2.10. The highest BCUT2D eigenvalue weighted by Gasteiger charge is 2.17. The van der Waals surface area contributed by atoms with E-state index in [0.29, 0.717) is 0 Å². The molecule has 0 bridgehead atoms. The number of halogens is 1. The molecule has 2 heteroatoms. The normalized spacial score (nSPS) is 17.1. The Morgan fingerprint density at radius 3 is 2.93 bits per heavy atom. The van der Waals surface area contributed by atoms with Gasteiger partial charge >= 0.3 is 0 Å². The summed E-state index contributed by atoms with van der Waals surface area (Å²) in [6.07, 6.45) is 3.49. The second kappa shape index (κ2) is 3.58. The van der Waals surface area contributed by atoms with E-state index in [9.17, 15) is 4.79 Å². The van der Waals surface area contributed by atoms with Crippen molar-refractivity contribution in [1.29, 1.82) is 0 Å². The molecule has 0 fully saturated rings.